The summed E-state index contributed by atoms with van der Waals surface area (Å²) in [5.74, 6) is 1.02. The highest BCUT2D eigenvalue weighted by atomic mass is 32.1. The number of thiocarbonyl (C=S) groups is 1. The van der Waals surface area contributed by atoms with Crippen LogP contribution in [0.25, 0.3) is 0 Å². The van der Waals surface area contributed by atoms with Crippen LogP contribution in [0.15, 0.2) is 42.5 Å². The number of hydrogen-bond acceptors (Lipinski definition) is 4. The van der Waals surface area contributed by atoms with E-state index in [0.29, 0.717) is 18.1 Å². The van der Waals surface area contributed by atoms with Crippen molar-refractivity contribution in [2.45, 2.75) is 33.6 Å². The van der Waals surface area contributed by atoms with Gasteiger partial charge in [-0.2, -0.15) is 0 Å². The van der Waals surface area contributed by atoms with Crippen LogP contribution in [0.5, 0.6) is 5.75 Å². The molecule has 1 saturated carbocycles. The molecule has 2 amide bonds. The number of amides is 2. The van der Waals surface area contributed by atoms with Gasteiger partial charge in [0, 0.05) is 22.9 Å². The smallest absolute Gasteiger partial charge is 0.257 e. The third kappa shape index (κ3) is 6.03. The average molecular weight is 426 g/mol. The first-order valence-corrected chi connectivity index (χ1v) is 10.5. The SMILES string of the molecule is Cc1c(NC(=O)C2CC2)cccc1NC(=S)NC(=O)c1ccc(OCC(C)C)cc1. The first-order chi connectivity index (χ1) is 14.3. The summed E-state index contributed by atoms with van der Waals surface area (Å²) in [6.07, 6.45) is 1.90. The Labute approximate surface area is 182 Å². The zero-order chi connectivity index (χ0) is 21.7. The number of rotatable bonds is 7. The molecule has 3 rings (SSSR count). The molecule has 30 heavy (non-hydrogen) atoms. The van der Waals surface area contributed by atoms with Crippen molar-refractivity contribution in [2.75, 3.05) is 17.2 Å². The minimum absolute atomic E-state index is 0.0481. The molecule has 7 heteroatoms. The van der Waals surface area contributed by atoms with Crippen molar-refractivity contribution in [1.82, 2.24) is 5.32 Å². The lowest BCUT2D eigenvalue weighted by Gasteiger charge is -2.15. The monoisotopic (exact) mass is 425 g/mol. The molecule has 1 aliphatic rings. The summed E-state index contributed by atoms with van der Waals surface area (Å²) in [6, 6.07) is 12.5. The van der Waals surface area contributed by atoms with E-state index in [2.05, 4.69) is 29.8 Å². The summed E-state index contributed by atoms with van der Waals surface area (Å²) < 4.78 is 5.63. The van der Waals surface area contributed by atoms with Crippen LogP contribution in [0.2, 0.25) is 0 Å². The van der Waals surface area contributed by atoms with Gasteiger partial charge in [-0.15, -0.1) is 0 Å². The Balaban J connectivity index is 1.57. The van der Waals surface area contributed by atoms with Gasteiger partial charge in [0.15, 0.2) is 5.11 Å². The summed E-state index contributed by atoms with van der Waals surface area (Å²) in [5, 5.41) is 8.86. The van der Waals surface area contributed by atoms with Crippen molar-refractivity contribution in [3.8, 4) is 5.75 Å². The molecule has 2 aromatic carbocycles. The van der Waals surface area contributed by atoms with E-state index < -0.39 is 0 Å². The lowest BCUT2D eigenvalue weighted by Crippen LogP contribution is -2.34. The Bertz CT molecular complexity index is 937. The van der Waals surface area contributed by atoms with Crippen LogP contribution in [0.4, 0.5) is 11.4 Å². The standard InChI is InChI=1S/C23H27N3O3S/c1-14(2)13-29-18-11-9-17(10-12-18)22(28)26-23(30)25-20-6-4-5-19(15(20)3)24-21(27)16-7-8-16/h4-6,9-12,14,16H,7-8,13H2,1-3H3,(H,24,27)(H2,25,26,28,30). The second kappa shape index (κ2) is 9.71. The molecule has 0 radical (unpaired) electrons. The molecule has 1 fully saturated rings. The fourth-order valence-electron chi connectivity index (χ4n) is 2.78. The summed E-state index contributed by atoms with van der Waals surface area (Å²) in [7, 11) is 0. The van der Waals surface area contributed by atoms with E-state index in [9.17, 15) is 9.59 Å². The largest absolute Gasteiger partial charge is 0.493 e. The highest BCUT2D eigenvalue weighted by Gasteiger charge is 2.29. The zero-order valence-electron chi connectivity index (χ0n) is 17.5. The van der Waals surface area contributed by atoms with Gasteiger partial charge < -0.3 is 15.4 Å². The summed E-state index contributed by atoms with van der Waals surface area (Å²) in [5.41, 5.74) is 2.81. The molecule has 6 nitrogen and oxygen atoms in total. The number of hydrogen-bond donors (Lipinski definition) is 3. The van der Waals surface area contributed by atoms with E-state index in [1.54, 1.807) is 24.3 Å². The summed E-state index contributed by atoms with van der Waals surface area (Å²) in [6.45, 7) is 6.67. The van der Waals surface area contributed by atoms with E-state index in [-0.39, 0.29) is 22.8 Å². The average Bonchev–Trinajstić information content (AvgIpc) is 3.55. The summed E-state index contributed by atoms with van der Waals surface area (Å²) in [4.78, 5) is 24.5. The molecular formula is C23H27N3O3S. The minimum atomic E-state index is -0.307. The van der Waals surface area contributed by atoms with E-state index >= 15 is 0 Å². The van der Waals surface area contributed by atoms with Gasteiger partial charge >= 0.3 is 0 Å². The second-order valence-electron chi connectivity index (χ2n) is 7.88. The van der Waals surface area contributed by atoms with Gasteiger partial charge in [0.1, 0.15) is 5.75 Å². The van der Waals surface area contributed by atoms with E-state index in [0.717, 1.165) is 35.5 Å². The van der Waals surface area contributed by atoms with Crippen molar-refractivity contribution in [1.29, 1.82) is 0 Å². The number of carbonyl (C=O) groups is 2. The maximum atomic E-state index is 12.5. The Hall–Kier alpha value is -2.93. The van der Waals surface area contributed by atoms with Crippen LogP contribution in [0.3, 0.4) is 0 Å². The number of ether oxygens (including phenoxy) is 1. The van der Waals surface area contributed by atoms with Gasteiger partial charge in [-0.3, -0.25) is 14.9 Å². The fourth-order valence-corrected chi connectivity index (χ4v) is 2.98. The van der Waals surface area contributed by atoms with Gasteiger partial charge in [0.2, 0.25) is 5.91 Å². The number of carbonyl (C=O) groups excluding carboxylic acids is 2. The van der Waals surface area contributed by atoms with Crippen LogP contribution in [-0.2, 0) is 4.79 Å². The molecular weight excluding hydrogens is 398 g/mol. The Morgan fingerprint density at radius 2 is 1.70 bits per heavy atom. The third-order valence-electron chi connectivity index (χ3n) is 4.71. The molecule has 3 N–H and O–H groups in total. The van der Waals surface area contributed by atoms with Gasteiger partial charge in [0.25, 0.3) is 5.91 Å². The molecule has 2 aromatic rings. The number of nitrogens with one attached hydrogen (secondary N) is 3. The summed E-state index contributed by atoms with van der Waals surface area (Å²) >= 11 is 5.30. The van der Waals surface area contributed by atoms with Crippen LogP contribution in [0, 0.1) is 18.8 Å². The van der Waals surface area contributed by atoms with Crippen LogP contribution in [-0.4, -0.2) is 23.5 Å². The van der Waals surface area contributed by atoms with E-state index in [1.165, 1.54) is 0 Å². The van der Waals surface area contributed by atoms with E-state index in [4.69, 9.17) is 17.0 Å². The highest BCUT2D eigenvalue weighted by molar-refractivity contribution is 7.80. The van der Waals surface area contributed by atoms with Crippen molar-refractivity contribution in [2.24, 2.45) is 11.8 Å². The number of anilines is 2. The first kappa shape index (κ1) is 21.8. The van der Waals surface area contributed by atoms with Gasteiger partial charge in [-0.25, -0.2) is 0 Å². The van der Waals surface area contributed by atoms with Crippen molar-refractivity contribution in [3.05, 3.63) is 53.6 Å². The Morgan fingerprint density at radius 3 is 2.30 bits per heavy atom. The lowest BCUT2D eigenvalue weighted by atomic mass is 10.1. The molecule has 0 unspecified atom stereocenters. The highest BCUT2D eigenvalue weighted by Crippen LogP contribution is 2.31. The predicted octanol–water partition coefficient (Wildman–Crippen LogP) is 4.51. The topological polar surface area (TPSA) is 79.5 Å². The van der Waals surface area contributed by atoms with E-state index in [1.807, 2.05) is 25.1 Å². The molecule has 0 aliphatic heterocycles. The zero-order valence-corrected chi connectivity index (χ0v) is 18.3. The quantitative estimate of drug-likeness (QED) is 0.569. The second-order valence-corrected chi connectivity index (χ2v) is 8.29. The fraction of sp³-hybridized carbons (Fsp3) is 0.348. The molecule has 1 aliphatic carbocycles. The Kier molecular flexibility index (Phi) is 7.05. The normalized spacial score (nSPS) is 12.9. The van der Waals surface area contributed by atoms with Gasteiger partial charge in [-0.1, -0.05) is 19.9 Å². The molecule has 0 bridgehead atoms. The first-order valence-electron chi connectivity index (χ1n) is 10.1. The van der Waals surface area contributed by atoms with Crippen LogP contribution >= 0.6 is 12.2 Å². The van der Waals surface area contributed by atoms with Gasteiger partial charge in [0.05, 0.1) is 6.61 Å². The third-order valence-corrected chi connectivity index (χ3v) is 4.92. The molecule has 0 saturated heterocycles. The maximum Gasteiger partial charge on any atom is 0.257 e. The minimum Gasteiger partial charge on any atom is -0.493 e. The Morgan fingerprint density at radius 1 is 1.07 bits per heavy atom. The van der Waals surface area contributed by atoms with Crippen molar-refractivity contribution in [3.63, 3.8) is 0 Å². The number of benzene rings is 2. The molecule has 0 atom stereocenters. The molecule has 0 aromatic heterocycles. The van der Waals surface area contributed by atoms with Crippen molar-refractivity contribution < 1.29 is 14.3 Å². The molecule has 158 valence electrons. The van der Waals surface area contributed by atoms with Crippen LogP contribution in [0.1, 0.15) is 42.6 Å². The predicted molar refractivity (Wildman–Crippen MR) is 123 cm³/mol. The van der Waals surface area contributed by atoms with Crippen LogP contribution < -0.4 is 20.7 Å². The molecule has 0 spiro atoms. The lowest BCUT2D eigenvalue weighted by molar-refractivity contribution is -0.117. The molecule has 0 heterocycles. The van der Waals surface area contributed by atoms with Crippen molar-refractivity contribution >= 4 is 40.5 Å². The van der Waals surface area contributed by atoms with Gasteiger partial charge in [-0.05, 0) is 79.9 Å². The maximum absolute atomic E-state index is 12.5.